The molecule has 0 atom stereocenters. The van der Waals surface area contributed by atoms with E-state index in [4.69, 9.17) is 20.8 Å². The average Bonchev–Trinajstić information content (AvgIpc) is 3.01. The Morgan fingerprint density at radius 2 is 2.07 bits per heavy atom. The molecule has 0 spiro atoms. The highest BCUT2D eigenvalue weighted by Crippen LogP contribution is 2.33. The molecular formula is C19H16ClN3O5S. The summed E-state index contributed by atoms with van der Waals surface area (Å²) in [5, 5.41) is 0.542. The van der Waals surface area contributed by atoms with Gasteiger partial charge in [-0.05, 0) is 37.3 Å². The van der Waals surface area contributed by atoms with Crippen molar-refractivity contribution in [2.75, 3.05) is 11.8 Å². The second kappa shape index (κ2) is 7.09. The molecule has 10 heteroatoms. The number of nitrogens with zero attached hydrogens (tertiary/aromatic N) is 2. The van der Waals surface area contributed by atoms with Crippen molar-refractivity contribution in [1.29, 1.82) is 0 Å². The number of anilines is 1. The van der Waals surface area contributed by atoms with E-state index in [-0.39, 0.29) is 15.5 Å². The number of sulfonamides is 1. The lowest BCUT2D eigenvalue weighted by Crippen LogP contribution is -2.14. The van der Waals surface area contributed by atoms with Gasteiger partial charge >= 0.3 is 5.76 Å². The molecule has 150 valence electrons. The smallest absolute Gasteiger partial charge is 0.419 e. The molecule has 0 bridgehead atoms. The summed E-state index contributed by atoms with van der Waals surface area (Å²) in [7, 11) is -2.57. The van der Waals surface area contributed by atoms with Crippen molar-refractivity contribution in [2.45, 2.75) is 18.4 Å². The van der Waals surface area contributed by atoms with Gasteiger partial charge in [0.15, 0.2) is 5.58 Å². The second-order valence-electron chi connectivity index (χ2n) is 6.18. The minimum absolute atomic E-state index is 0.0241. The summed E-state index contributed by atoms with van der Waals surface area (Å²) in [6.07, 6.45) is 1.59. The molecular weight excluding hydrogens is 418 g/mol. The van der Waals surface area contributed by atoms with Crippen molar-refractivity contribution in [3.8, 4) is 5.75 Å². The predicted octanol–water partition coefficient (Wildman–Crippen LogP) is 3.63. The molecule has 8 nitrogen and oxygen atoms in total. The summed E-state index contributed by atoms with van der Waals surface area (Å²) >= 11 is 6.25. The van der Waals surface area contributed by atoms with Gasteiger partial charge in [-0.15, -0.1) is 0 Å². The minimum atomic E-state index is -4.08. The Kier molecular flexibility index (Phi) is 4.71. The third-order valence-corrected chi connectivity index (χ3v) is 6.35. The van der Waals surface area contributed by atoms with Crippen LogP contribution in [0.3, 0.4) is 0 Å². The molecule has 0 saturated heterocycles. The molecule has 0 aliphatic heterocycles. The van der Waals surface area contributed by atoms with Crippen LogP contribution in [0.15, 0.2) is 56.7 Å². The number of oxazole rings is 1. The average molecular weight is 434 g/mol. The zero-order valence-corrected chi connectivity index (χ0v) is 17.0. The van der Waals surface area contributed by atoms with Crippen LogP contribution in [0, 0.1) is 0 Å². The first-order valence-corrected chi connectivity index (χ1v) is 10.5. The third-order valence-electron chi connectivity index (χ3n) is 4.52. The standard InChI is InChI=1S/C19H16ClN3O5S/c1-3-23-14-9-12(20)17(10-16(14)28-19(23)24)29(25,26)22-13-6-7-15(27-2)18-11(13)5-4-8-21-18/h4-10,22H,3H2,1-2H3. The number of halogens is 1. The number of ether oxygens (including phenoxy) is 1. The van der Waals surface area contributed by atoms with E-state index in [2.05, 4.69) is 9.71 Å². The van der Waals surface area contributed by atoms with Crippen LogP contribution < -0.4 is 15.2 Å². The van der Waals surface area contributed by atoms with Gasteiger partial charge in [-0.3, -0.25) is 14.3 Å². The molecule has 4 aromatic rings. The molecule has 2 aromatic heterocycles. The molecule has 0 aliphatic carbocycles. The maximum absolute atomic E-state index is 13.1. The van der Waals surface area contributed by atoms with Gasteiger partial charge in [-0.25, -0.2) is 13.2 Å². The molecule has 0 saturated carbocycles. The molecule has 1 N–H and O–H groups in total. The highest BCUT2D eigenvalue weighted by molar-refractivity contribution is 7.92. The summed E-state index contributed by atoms with van der Waals surface area (Å²) in [6, 6.07) is 9.29. The lowest BCUT2D eigenvalue weighted by molar-refractivity contribution is 0.419. The van der Waals surface area contributed by atoms with Crippen LogP contribution in [0.25, 0.3) is 22.0 Å². The van der Waals surface area contributed by atoms with Crippen molar-refractivity contribution in [1.82, 2.24) is 9.55 Å². The number of nitrogens with one attached hydrogen (secondary N) is 1. The van der Waals surface area contributed by atoms with Gasteiger partial charge in [0.1, 0.15) is 16.2 Å². The fourth-order valence-electron chi connectivity index (χ4n) is 3.17. The van der Waals surface area contributed by atoms with Gasteiger partial charge in [-0.1, -0.05) is 11.6 Å². The van der Waals surface area contributed by atoms with Crippen LogP contribution in [0.2, 0.25) is 5.02 Å². The molecule has 0 aliphatic rings. The number of methoxy groups -OCH3 is 1. The minimum Gasteiger partial charge on any atom is -0.494 e. The number of hydrogen-bond acceptors (Lipinski definition) is 6. The van der Waals surface area contributed by atoms with Crippen LogP contribution in [-0.4, -0.2) is 25.1 Å². The predicted molar refractivity (Wildman–Crippen MR) is 110 cm³/mol. The maximum atomic E-state index is 13.1. The van der Waals surface area contributed by atoms with Gasteiger partial charge in [-0.2, -0.15) is 0 Å². The highest BCUT2D eigenvalue weighted by atomic mass is 35.5. The van der Waals surface area contributed by atoms with Gasteiger partial charge in [0, 0.05) is 24.2 Å². The van der Waals surface area contributed by atoms with Crippen LogP contribution in [-0.2, 0) is 16.6 Å². The number of aromatic nitrogens is 2. The van der Waals surface area contributed by atoms with E-state index in [0.717, 1.165) is 0 Å². The van der Waals surface area contributed by atoms with E-state index in [9.17, 15) is 13.2 Å². The van der Waals surface area contributed by atoms with Crippen molar-refractivity contribution < 1.29 is 17.6 Å². The molecule has 29 heavy (non-hydrogen) atoms. The van der Waals surface area contributed by atoms with E-state index < -0.39 is 15.8 Å². The number of fused-ring (bicyclic) bond motifs is 2. The third kappa shape index (κ3) is 3.22. The first-order chi connectivity index (χ1) is 13.9. The van der Waals surface area contributed by atoms with E-state index in [1.165, 1.54) is 23.8 Å². The van der Waals surface area contributed by atoms with Gasteiger partial charge in [0.25, 0.3) is 10.0 Å². The molecule has 2 aromatic carbocycles. The second-order valence-corrected chi connectivity index (χ2v) is 8.24. The molecule has 0 fully saturated rings. The summed E-state index contributed by atoms with van der Waals surface area (Å²) in [4.78, 5) is 16.0. The number of pyridine rings is 1. The monoisotopic (exact) mass is 433 g/mol. The lowest BCUT2D eigenvalue weighted by atomic mass is 10.2. The van der Waals surface area contributed by atoms with E-state index >= 15 is 0 Å². The lowest BCUT2D eigenvalue weighted by Gasteiger charge is -2.13. The molecule has 0 radical (unpaired) electrons. The quantitative estimate of drug-likeness (QED) is 0.515. The molecule has 0 unspecified atom stereocenters. The van der Waals surface area contributed by atoms with Crippen LogP contribution >= 0.6 is 11.6 Å². The molecule has 2 heterocycles. The largest absolute Gasteiger partial charge is 0.494 e. The van der Waals surface area contributed by atoms with E-state index in [0.29, 0.717) is 34.4 Å². The first kappa shape index (κ1) is 19.3. The van der Waals surface area contributed by atoms with Gasteiger partial charge < -0.3 is 9.15 Å². The number of benzene rings is 2. The Hall–Kier alpha value is -3.04. The molecule has 4 rings (SSSR count). The molecule has 0 amide bonds. The zero-order valence-electron chi connectivity index (χ0n) is 15.5. The Balaban J connectivity index is 1.84. The fraction of sp³-hybridized carbons (Fsp3) is 0.158. The summed E-state index contributed by atoms with van der Waals surface area (Å²) < 4.78 is 40.5. The van der Waals surface area contributed by atoms with Crippen molar-refractivity contribution in [3.05, 3.63) is 58.2 Å². The number of rotatable bonds is 5. The van der Waals surface area contributed by atoms with E-state index in [1.807, 2.05) is 0 Å². The summed E-state index contributed by atoms with van der Waals surface area (Å²) in [6.45, 7) is 2.15. The maximum Gasteiger partial charge on any atom is 0.419 e. The Morgan fingerprint density at radius 1 is 1.28 bits per heavy atom. The Labute approximate surface area is 170 Å². The number of hydrogen-bond donors (Lipinski definition) is 1. The first-order valence-electron chi connectivity index (χ1n) is 8.63. The van der Waals surface area contributed by atoms with Gasteiger partial charge in [0.05, 0.1) is 23.3 Å². The Morgan fingerprint density at radius 3 is 2.79 bits per heavy atom. The van der Waals surface area contributed by atoms with E-state index in [1.54, 1.807) is 37.4 Å². The van der Waals surface area contributed by atoms with Crippen LogP contribution in [0.4, 0.5) is 5.69 Å². The number of aryl methyl sites for hydroxylation is 1. The van der Waals surface area contributed by atoms with Gasteiger partial charge in [0.2, 0.25) is 0 Å². The van der Waals surface area contributed by atoms with Crippen molar-refractivity contribution >= 4 is 49.3 Å². The van der Waals surface area contributed by atoms with Crippen LogP contribution in [0.1, 0.15) is 6.92 Å². The fourth-order valence-corrected chi connectivity index (χ4v) is 4.79. The normalized spacial score (nSPS) is 11.8. The van der Waals surface area contributed by atoms with Crippen molar-refractivity contribution in [3.63, 3.8) is 0 Å². The zero-order chi connectivity index (χ0) is 20.8. The van der Waals surface area contributed by atoms with Crippen LogP contribution in [0.5, 0.6) is 5.75 Å². The Bertz CT molecular complexity index is 1410. The highest BCUT2D eigenvalue weighted by Gasteiger charge is 2.23. The summed E-state index contributed by atoms with van der Waals surface area (Å²) in [5.41, 5.74) is 1.41. The van der Waals surface area contributed by atoms with Crippen molar-refractivity contribution in [2.24, 2.45) is 0 Å². The topological polar surface area (TPSA) is 103 Å². The SMILES string of the molecule is CCn1c(=O)oc2cc(S(=O)(=O)Nc3ccc(OC)c4ncccc34)c(Cl)cc21. The summed E-state index contributed by atoms with van der Waals surface area (Å²) in [5.74, 6) is -0.0565.